The quantitative estimate of drug-likeness (QED) is 0.0967. The molecule has 0 N–H and O–H groups in total. The van der Waals surface area contributed by atoms with Crippen molar-refractivity contribution in [2.45, 2.75) is 155 Å². The van der Waals surface area contributed by atoms with Gasteiger partial charge in [0.2, 0.25) is 5.91 Å². The van der Waals surface area contributed by atoms with E-state index in [2.05, 4.69) is 18.7 Å². The summed E-state index contributed by atoms with van der Waals surface area (Å²) in [5.41, 5.74) is 0. The van der Waals surface area contributed by atoms with Gasteiger partial charge in [0.1, 0.15) is 6.61 Å². The van der Waals surface area contributed by atoms with Crippen LogP contribution in [0.2, 0.25) is 0 Å². The summed E-state index contributed by atoms with van der Waals surface area (Å²) in [4.78, 5) is 14.8. The average molecular weight is 498 g/mol. The molecule has 210 valence electrons. The molecule has 0 radical (unpaired) electrons. The molecule has 0 atom stereocenters. The third-order valence-corrected chi connectivity index (χ3v) is 7.07. The first-order valence-corrected chi connectivity index (χ1v) is 15.6. The Labute approximate surface area is 220 Å². The molecule has 0 aliphatic heterocycles. The minimum absolute atomic E-state index is 0.153. The molecule has 0 aliphatic rings. The summed E-state index contributed by atoms with van der Waals surface area (Å²) in [6, 6.07) is 0. The number of carbonyl (C=O) groups is 1. The van der Waals surface area contributed by atoms with E-state index < -0.39 is 0 Å². The molecule has 35 heavy (non-hydrogen) atoms. The molecule has 4 heteroatoms. The first-order valence-electron chi connectivity index (χ1n) is 15.6. The Morgan fingerprint density at radius 2 is 0.857 bits per heavy atom. The minimum Gasteiger partial charge on any atom is -0.382 e. The van der Waals surface area contributed by atoms with Crippen LogP contribution in [0.4, 0.5) is 0 Å². The predicted molar refractivity (Wildman–Crippen MR) is 152 cm³/mol. The third kappa shape index (κ3) is 26.3. The highest BCUT2D eigenvalue weighted by Crippen LogP contribution is 2.13. The predicted octanol–water partition coefficient (Wildman–Crippen LogP) is 9.10. The van der Waals surface area contributed by atoms with Crippen LogP contribution in [-0.4, -0.2) is 50.8 Å². The number of methoxy groups -OCH3 is 1. The number of hydrogen-bond donors (Lipinski definition) is 0. The Morgan fingerprint density at radius 3 is 1.20 bits per heavy atom. The van der Waals surface area contributed by atoms with Gasteiger partial charge in [-0.3, -0.25) is 4.79 Å². The standard InChI is InChI=1S/C31H63NO3/c1-4-6-8-10-12-14-16-18-20-22-24-26-32(31(33)30-35-29-28-34-3)27-25-23-21-19-17-15-13-11-9-7-5-2/h4-30H2,1-3H3. The van der Waals surface area contributed by atoms with Gasteiger partial charge in [0.15, 0.2) is 0 Å². The molecule has 0 aromatic rings. The van der Waals surface area contributed by atoms with Crippen molar-refractivity contribution in [3.63, 3.8) is 0 Å². The fourth-order valence-corrected chi connectivity index (χ4v) is 4.69. The Balaban J connectivity index is 3.91. The van der Waals surface area contributed by atoms with Gasteiger partial charge in [0, 0.05) is 20.2 Å². The fourth-order valence-electron chi connectivity index (χ4n) is 4.69. The van der Waals surface area contributed by atoms with Gasteiger partial charge in [-0.15, -0.1) is 0 Å². The van der Waals surface area contributed by atoms with Gasteiger partial charge < -0.3 is 14.4 Å². The first-order chi connectivity index (χ1) is 17.3. The van der Waals surface area contributed by atoms with Gasteiger partial charge in [-0.1, -0.05) is 142 Å². The second-order valence-electron chi connectivity index (χ2n) is 10.5. The molecule has 0 bridgehead atoms. The molecule has 4 nitrogen and oxygen atoms in total. The smallest absolute Gasteiger partial charge is 0.248 e. The lowest BCUT2D eigenvalue weighted by Crippen LogP contribution is -2.36. The van der Waals surface area contributed by atoms with Gasteiger partial charge in [0.25, 0.3) is 0 Å². The zero-order valence-electron chi connectivity index (χ0n) is 24.3. The molecular weight excluding hydrogens is 434 g/mol. The van der Waals surface area contributed by atoms with Crippen LogP contribution in [0.3, 0.4) is 0 Å². The highest BCUT2D eigenvalue weighted by atomic mass is 16.5. The lowest BCUT2D eigenvalue weighted by atomic mass is 10.1. The normalized spacial score (nSPS) is 11.3. The Kier molecular flexibility index (Phi) is 29.1. The zero-order chi connectivity index (χ0) is 25.7. The van der Waals surface area contributed by atoms with Gasteiger partial charge in [-0.05, 0) is 12.8 Å². The van der Waals surface area contributed by atoms with Crippen molar-refractivity contribution in [1.82, 2.24) is 4.90 Å². The number of ether oxygens (including phenoxy) is 2. The van der Waals surface area contributed by atoms with Gasteiger partial charge in [0.05, 0.1) is 13.2 Å². The van der Waals surface area contributed by atoms with E-state index in [1.807, 2.05) is 0 Å². The van der Waals surface area contributed by atoms with Crippen LogP contribution in [-0.2, 0) is 14.3 Å². The fraction of sp³-hybridized carbons (Fsp3) is 0.968. The zero-order valence-corrected chi connectivity index (χ0v) is 24.3. The van der Waals surface area contributed by atoms with Crippen molar-refractivity contribution in [1.29, 1.82) is 0 Å². The topological polar surface area (TPSA) is 38.8 Å². The van der Waals surface area contributed by atoms with Crippen LogP contribution in [0.25, 0.3) is 0 Å². The SMILES string of the molecule is CCCCCCCCCCCCCN(CCCCCCCCCCCCC)C(=O)COCCOC. The monoisotopic (exact) mass is 497 g/mol. The maximum absolute atomic E-state index is 12.7. The maximum atomic E-state index is 12.7. The molecule has 1 amide bonds. The van der Waals surface area contributed by atoms with E-state index in [4.69, 9.17) is 9.47 Å². The number of hydrogen-bond acceptors (Lipinski definition) is 3. The van der Waals surface area contributed by atoms with Crippen molar-refractivity contribution < 1.29 is 14.3 Å². The summed E-state index contributed by atoms with van der Waals surface area (Å²) in [6.07, 6.45) is 29.5. The van der Waals surface area contributed by atoms with Crippen LogP contribution in [0.15, 0.2) is 0 Å². The van der Waals surface area contributed by atoms with Crippen molar-refractivity contribution in [3.05, 3.63) is 0 Å². The molecule has 0 aromatic carbocycles. The van der Waals surface area contributed by atoms with E-state index in [1.165, 1.54) is 128 Å². The number of amides is 1. The Hall–Kier alpha value is -0.610. The average Bonchev–Trinajstić information content (AvgIpc) is 2.87. The highest BCUT2D eigenvalue weighted by Gasteiger charge is 2.13. The third-order valence-electron chi connectivity index (χ3n) is 7.07. The lowest BCUT2D eigenvalue weighted by Gasteiger charge is -2.23. The summed E-state index contributed by atoms with van der Waals surface area (Å²) in [7, 11) is 1.66. The van der Waals surface area contributed by atoms with Crippen molar-refractivity contribution in [2.24, 2.45) is 0 Å². The van der Waals surface area contributed by atoms with Crippen molar-refractivity contribution in [2.75, 3.05) is 40.0 Å². The second-order valence-corrected chi connectivity index (χ2v) is 10.5. The summed E-state index contributed by atoms with van der Waals surface area (Å²) in [5, 5.41) is 0. The molecule has 0 spiro atoms. The number of rotatable bonds is 29. The van der Waals surface area contributed by atoms with Gasteiger partial charge in [-0.25, -0.2) is 0 Å². The van der Waals surface area contributed by atoms with E-state index >= 15 is 0 Å². The molecule has 0 fully saturated rings. The second kappa shape index (κ2) is 29.6. The van der Waals surface area contributed by atoms with Gasteiger partial charge >= 0.3 is 0 Å². The molecule has 0 aromatic heterocycles. The number of nitrogens with zero attached hydrogens (tertiary/aromatic N) is 1. The van der Waals surface area contributed by atoms with Crippen LogP contribution in [0, 0.1) is 0 Å². The summed E-state index contributed by atoms with van der Waals surface area (Å²) in [5.74, 6) is 0.153. The van der Waals surface area contributed by atoms with E-state index in [0.29, 0.717) is 13.2 Å². The molecule has 0 saturated carbocycles. The van der Waals surface area contributed by atoms with E-state index in [1.54, 1.807) is 7.11 Å². The van der Waals surface area contributed by atoms with E-state index in [-0.39, 0.29) is 12.5 Å². The molecule has 0 saturated heterocycles. The Morgan fingerprint density at radius 1 is 0.514 bits per heavy atom. The van der Waals surface area contributed by atoms with Crippen LogP contribution in [0.1, 0.15) is 155 Å². The molecule has 0 rings (SSSR count). The van der Waals surface area contributed by atoms with Crippen LogP contribution in [0.5, 0.6) is 0 Å². The summed E-state index contributed by atoms with van der Waals surface area (Å²) in [6.45, 7) is 7.57. The first kappa shape index (κ1) is 34.4. The lowest BCUT2D eigenvalue weighted by molar-refractivity contribution is -0.136. The van der Waals surface area contributed by atoms with Gasteiger partial charge in [-0.2, -0.15) is 0 Å². The van der Waals surface area contributed by atoms with Crippen molar-refractivity contribution >= 4 is 5.91 Å². The van der Waals surface area contributed by atoms with Crippen LogP contribution < -0.4 is 0 Å². The van der Waals surface area contributed by atoms with Crippen LogP contribution >= 0.6 is 0 Å². The summed E-state index contributed by atoms with van der Waals surface area (Å²) < 4.78 is 10.5. The number of carbonyl (C=O) groups excluding carboxylic acids is 1. The molecular formula is C31H63NO3. The van der Waals surface area contributed by atoms with Crippen molar-refractivity contribution in [3.8, 4) is 0 Å². The highest BCUT2D eigenvalue weighted by molar-refractivity contribution is 5.77. The van der Waals surface area contributed by atoms with E-state index in [9.17, 15) is 4.79 Å². The molecule has 0 aliphatic carbocycles. The molecule has 0 unspecified atom stereocenters. The molecule has 0 heterocycles. The number of unbranched alkanes of at least 4 members (excludes halogenated alkanes) is 20. The minimum atomic E-state index is 0.153. The largest absolute Gasteiger partial charge is 0.382 e. The summed E-state index contributed by atoms with van der Waals surface area (Å²) >= 11 is 0. The Bertz CT molecular complexity index is 390. The van der Waals surface area contributed by atoms with E-state index in [0.717, 1.165) is 25.9 Å². The maximum Gasteiger partial charge on any atom is 0.248 e.